The minimum absolute atomic E-state index is 0.0869. The molecule has 0 bridgehead atoms. The SMILES string of the molecule is CCc1c(C)c2c(c(C#N)c1C/C=C(\C)CCC(=O)O)C(=O)OC2. The first kappa shape index (κ1) is 17.7. The number of carbonyl (C=O) groups is 2. The zero-order valence-electron chi connectivity index (χ0n) is 14.2. The molecule has 1 aromatic carbocycles. The Balaban J connectivity index is 2.46. The van der Waals surface area contributed by atoms with E-state index in [-0.39, 0.29) is 13.0 Å². The molecular weight excluding hydrogens is 306 g/mol. The first-order valence-corrected chi connectivity index (χ1v) is 8.02. The Morgan fingerprint density at radius 3 is 2.67 bits per heavy atom. The maximum atomic E-state index is 12.0. The molecule has 1 N–H and O–H groups in total. The molecule has 1 heterocycles. The van der Waals surface area contributed by atoms with E-state index in [1.165, 1.54) is 0 Å². The van der Waals surface area contributed by atoms with Gasteiger partial charge in [0.05, 0.1) is 11.1 Å². The molecular formula is C19H21NO4. The Kier molecular flexibility index (Phi) is 5.40. The maximum Gasteiger partial charge on any atom is 0.340 e. The van der Waals surface area contributed by atoms with Crippen LogP contribution in [-0.2, 0) is 29.0 Å². The van der Waals surface area contributed by atoms with E-state index in [0.29, 0.717) is 24.0 Å². The zero-order valence-corrected chi connectivity index (χ0v) is 14.2. The number of aliphatic carboxylic acids is 1. The molecule has 0 saturated carbocycles. The number of rotatable bonds is 6. The monoisotopic (exact) mass is 327 g/mol. The highest BCUT2D eigenvalue weighted by atomic mass is 16.5. The number of ether oxygens (including phenoxy) is 1. The number of fused-ring (bicyclic) bond motifs is 1. The second-order valence-electron chi connectivity index (χ2n) is 6.00. The van der Waals surface area contributed by atoms with Gasteiger partial charge in [-0.05, 0) is 49.8 Å². The van der Waals surface area contributed by atoms with Crippen molar-refractivity contribution in [3.05, 3.63) is 45.0 Å². The van der Waals surface area contributed by atoms with Gasteiger partial charge in [0.25, 0.3) is 0 Å². The number of nitriles is 1. The highest BCUT2D eigenvalue weighted by molar-refractivity contribution is 5.97. The van der Waals surface area contributed by atoms with Gasteiger partial charge in [0, 0.05) is 12.0 Å². The lowest BCUT2D eigenvalue weighted by atomic mass is 9.85. The quantitative estimate of drug-likeness (QED) is 0.638. The molecule has 0 amide bonds. The molecule has 5 nitrogen and oxygen atoms in total. The normalized spacial score (nSPS) is 13.4. The van der Waals surface area contributed by atoms with E-state index in [0.717, 1.165) is 34.2 Å². The summed E-state index contributed by atoms with van der Waals surface area (Å²) in [5, 5.41) is 18.4. The molecule has 0 unspecified atom stereocenters. The number of carbonyl (C=O) groups excluding carboxylic acids is 1. The zero-order chi connectivity index (χ0) is 17.9. The molecule has 1 aliphatic rings. The second-order valence-corrected chi connectivity index (χ2v) is 6.00. The summed E-state index contributed by atoms with van der Waals surface area (Å²) in [5.41, 5.74) is 5.53. The summed E-state index contributed by atoms with van der Waals surface area (Å²) in [7, 11) is 0. The highest BCUT2D eigenvalue weighted by Crippen LogP contribution is 2.33. The molecule has 5 heteroatoms. The smallest absolute Gasteiger partial charge is 0.340 e. The molecule has 0 atom stereocenters. The summed E-state index contributed by atoms with van der Waals surface area (Å²) in [4.78, 5) is 22.7. The van der Waals surface area contributed by atoms with E-state index in [2.05, 4.69) is 6.07 Å². The van der Waals surface area contributed by atoms with Crippen molar-refractivity contribution < 1.29 is 19.4 Å². The first-order valence-electron chi connectivity index (χ1n) is 8.02. The van der Waals surface area contributed by atoms with Gasteiger partial charge in [-0.1, -0.05) is 18.6 Å². The van der Waals surface area contributed by atoms with E-state index in [1.54, 1.807) is 0 Å². The van der Waals surface area contributed by atoms with Crippen molar-refractivity contribution in [1.29, 1.82) is 5.26 Å². The summed E-state index contributed by atoms with van der Waals surface area (Å²) >= 11 is 0. The van der Waals surface area contributed by atoms with Crippen molar-refractivity contribution in [2.75, 3.05) is 0 Å². The molecule has 0 aliphatic carbocycles. The van der Waals surface area contributed by atoms with Crippen molar-refractivity contribution in [1.82, 2.24) is 0 Å². The average Bonchev–Trinajstić information content (AvgIpc) is 2.93. The lowest BCUT2D eigenvalue weighted by Crippen LogP contribution is -2.08. The summed E-state index contributed by atoms with van der Waals surface area (Å²) in [5.74, 6) is -1.26. The molecule has 0 radical (unpaired) electrons. The lowest BCUT2D eigenvalue weighted by Gasteiger charge is -2.16. The van der Waals surface area contributed by atoms with Gasteiger partial charge in [-0.3, -0.25) is 4.79 Å². The van der Waals surface area contributed by atoms with Crippen LogP contribution in [0.5, 0.6) is 0 Å². The van der Waals surface area contributed by atoms with Gasteiger partial charge in [-0.2, -0.15) is 5.26 Å². The summed E-state index contributed by atoms with van der Waals surface area (Å²) in [6, 6.07) is 2.18. The number of esters is 1. The van der Waals surface area contributed by atoms with Crippen LogP contribution in [0.4, 0.5) is 0 Å². The van der Waals surface area contributed by atoms with Crippen LogP contribution in [0.25, 0.3) is 0 Å². The van der Waals surface area contributed by atoms with Crippen molar-refractivity contribution in [2.45, 2.75) is 53.1 Å². The van der Waals surface area contributed by atoms with Gasteiger partial charge < -0.3 is 9.84 Å². The Hall–Kier alpha value is -2.61. The largest absolute Gasteiger partial charge is 0.481 e. The highest BCUT2D eigenvalue weighted by Gasteiger charge is 2.30. The third-order valence-electron chi connectivity index (χ3n) is 4.53. The third-order valence-corrected chi connectivity index (χ3v) is 4.53. The second kappa shape index (κ2) is 7.31. The number of hydrogen-bond donors (Lipinski definition) is 1. The number of nitrogens with zero attached hydrogens (tertiary/aromatic N) is 1. The number of cyclic esters (lactones) is 1. The van der Waals surface area contributed by atoms with E-state index in [9.17, 15) is 14.9 Å². The van der Waals surface area contributed by atoms with Gasteiger partial charge in [0.15, 0.2) is 0 Å². The Labute approximate surface area is 141 Å². The van der Waals surface area contributed by atoms with E-state index < -0.39 is 11.9 Å². The van der Waals surface area contributed by atoms with Crippen LogP contribution in [0.15, 0.2) is 11.6 Å². The van der Waals surface area contributed by atoms with Crippen molar-refractivity contribution in [3.8, 4) is 6.07 Å². The average molecular weight is 327 g/mol. The molecule has 1 aliphatic heterocycles. The van der Waals surface area contributed by atoms with Gasteiger partial charge >= 0.3 is 11.9 Å². The molecule has 0 saturated heterocycles. The van der Waals surface area contributed by atoms with Crippen molar-refractivity contribution in [2.24, 2.45) is 0 Å². The van der Waals surface area contributed by atoms with Crippen molar-refractivity contribution >= 4 is 11.9 Å². The van der Waals surface area contributed by atoms with Gasteiger partial charge in [0.2, 0.25) is 0 Å². The molecule has 0 aromatic heterocycles. The van der Waals surface area contributed by atoms with Gasteiger partial charge in [-0.15, -0.1) is 0 Å². The number of allylic oxidation sites excluding steroid dienone is 2. The fraction of sp³-hybridized carbons (Fsp3) is 0.421. The number of carboxylic acid groups (broad SMARTS) is 1. The third kappa shape index (κ3) is 3.33. The van der Waals surface area contributed by atoms with Crippen LogP contribution < -0.4 is 0 Å². The van der Waals surface area contributed by atoms with Crippen LogP contribution in [-0.4, -0.2) is 17.0 Å². The molecule has 1 aromatic rings. The minimum Gasteiger partial charge on any atom is -0.481 e. The summed E-state index contributed by atoms with van der Waals surface area (Å²) < 4.78 is 5.12. The van der Waals surface area contributed by atoms with Crippen LogP contribution in [0, 0.1) is 18.3 Å². The predicted molar refractivity (Wildman–Crippen MR) is 88.7 cm³/mol. The fourth-order valence-electron chi connectivity index (χ4n) is 3.17. The van der Waals surface area contributed by atoms with Crippen LogP contribution in [0.1, 0.15) is 64.9 Å². The maximum absolute atomic E-state index is 12.0. The predicted octanol–water partition coefficient (Wildman–Crippen LogP) is 3.45. The lowest BCUT2D eigenvalue weighted by molar-refractivity contribution is -0.136. The standard InChI is InChI=1S/C19H21NO4/c1-4-13-12(3)16-10-24-19(23)18(16)15(9-20)14(13)7-5-11(2)6-8-17(21)22/h5H,4,6-8,10H2,1-3H3,(H,21,22)/b11-5+. The van der Waals surface area contributed by atoms with Gasteiger partial charge in [-0.25, -0.2) is 4.79 Å². The Morgan fingerprint density at radius 1 is 1.38 bits per heavy atom. The number of hydrogen-bond acceptors (Lipinski definition) is 4. The van der Waals surface area contributed by atoms with E-state index in [1.807, 2.05) is 26.8 Å². The van der Waals surface area contributed by atoms with E-state index in [4.69, 9.17) is 9.84 Å². The molecule has 126 valence electrons. The minimum atomic E-state index is -0.828. The van der Waals surface area contributed by atoms with Crippen LogP contribution >= 0.6 is 0 Å². The first-order chi connectivity index (χ1) is 11.4. The number of carboxylic acids is 1. The Bertz CT molecular complexity index is 769. The summed E-state index contributed by atoms with van der Waals surface area (Å²) in [6.45, 7) is 6.10. The fourth-order valence-corrected chi connectivity index (χ4v) is 3.17. The molecule has 2 rings (SSSR count). The van der Waals surface area contributed by atoms with Crippen molar-refractivity contribution in [3.63, 3.8) is 0 Å². The van der Waals surface area contributed by atoms with Gasteiger partial charge in [0.1, 0.15) is 12.7 Å². The van der Waals surface area contributed by atoms with Crippen LogP contribution in [0.3, 0.4) is 0 Å². The Morgan fingerprint density at radius 2 is 2.08 bits per heavy atom. The molecule has 0 spiro atoms. The number of benzene rings is 1. The molecule has 24 heavy (non-hydrogen) atoms. The van der Waals surface area contributed by atoms with E-state index >= 15 is 0 Å². The molecule has 0 fully saturated rings. The topological polar surface area (TPSA) is 87.4 Å². The van der Waals surface area contributed by atoms with Crippen LogP contribution in [0.2, 0.25) is 0 Å². The summed E-state index contributed by atoms with van der Waals surface area (Å²) in [6.07, 6.45) is 3.79.